The summed E-state index contributed by atoms with van der Waals surface area (Å²) in [7, 11) is -4.03. The molecule has 1 atom stereocenters. The number of ether oxygens (including phenoxy) is 1. The van der Waals surface area contributed by atoms with Crippen molar-refractivity contribution in [1.29, 1.82) is 0 Å². The number of hydrogen-bond acceptors (Lipinski definition) is 6. The maximum atomic E-state index is 13.3. The van der Waals surface area contributed by atoms with Crippen molar-refractivity contribution in [2.75, 3.05) is 39.0 Å². The summed E-state index contributed by atoms with van der Waals surface area (Å²) in [6, 6.07) is 2.87. The van der Waals surface area contributed by atoms with Crippen molar-refractivity contribution in [3.8, 4) is 5.75 Å². The number of piperidine rings is 1. The molecule has 1 N–H and O–H groups in total. The number of aromatic amines is 1. The third-order valence-electron chi connectivity index (χ3n) is 6.31. The third kappa shape index (κ3) is 5.45. The quantitative estimate of drug-likeness (QED) is 0.675. The van der Waals surface area contributed by atoms with Crippen LogP contribution in [0.15, 0.2) is 29.4 Å². The largest absolute Gasteiger partial charge is 0.493 e. The summed E-state index contributed by atoms with van der Waals surface area (Å²) in [6.07, 6.45) is -0.466. The number of alkyl halides is 3. The highest BCUT2D eigenvalue weighted by Crippen LogP contribution is 2.36. The van der Waals surface area contributed by atoms with Crippen LogP contribution >= 0.6 is 0 Å². The van der Waals surface area contributed by atoms with Gasteiger partial charge in [0.25, 0.3) is 0 Å². The van der Waals surface area contributed by atoms with Crippen LogP contribution < -0.4 is 4.74 Å². The first-order chi connectivity index (χ1) is 16.0. The molecule has 0 aliphatic carbocycles. The van der Waals surface area contributed by atoms with E-state index in [0.717, 1.165) is 30.6 Å². The number of amides is 2. The van der Waals surface area contributed by atoms with Gasteiger partial charge in [0.15, 0.2) is 9.84 Å². The molecule has 2 aliphatic rings. The number of urea groups is 1. The minimum atomic E-state index is -4.81. The number of carbonyl (C=O) groups excluding carboxylic acids is 1. The molecule has 2 aliphatic heterocycles. The fourth-order valence-corrected chi connectivity index (χ4v) is 5.31. The second kappa shape index (κ2) is 9.43. The molecule has 0 radical (unpaired) electrons. The number of H-pyrrole nitrogens is 1. The van der Waals surface area contributed by atoms with Gasteiger partial charge in [-0.15, -0.1) is 0 Å². The Labute approximate surface area is 195 Å². The number of carbonyl (C=O) groups is 1. The monoisotopic (exact) mass is 501 g/mol. The van der Waals surface area contributed by atoms with Crippen LogP contribution in [0.1, 0.15) is 36.6 Å². The Morgan fingerprint density at radius 3 is 2.50 bits per heavy atom. The predicted octanol–water partition coefficient (Wildman–Crippen LogP) is 2.93. The van der Waals surface area contributed by atoms with Crippen molar-refractivity contribution < 1.29 is 31.1 Å². The Hall–Kier alpha value is -2.83. The van der Waals surface area contributed by atoms with E-state index in [2.05, 4.69) is 15.2 Å². The van der Waals surface area contributed by atoms with Gasteiger partial charge in [0.2, 0.25) is 0 Å². The van der Waals surface area contributed by atoms with E-state index in [9.17, 15) is 26.4 Å². The normalized spacial score (nSPS) is 20.1. The lowest BCUT2D eigenvalue weighted by Gasteiger charge is -2.34. The molecule has 2 fully saturated rings. The molecule has 2 saturated heterocycles. The van der Waals surface area contributed by atoms with E-state index < -0.39 is 26.5 Å². The molecule has 2 aromatic rings. The molecule has 3 heterocycles. The van der Waals surface area contributed by atoms with E-state index in [1.165, 1.54) is 12.4 Å². The van der Waals surface area contributed by atoms with Crippen LogP contribution in [-0.2, 0) is 16.0 Å². The number of rotatable bonds is 5. The Bertz CT molecular complexity index is 1120. The lowest BCUT2D eigenvalue weighted by molar-refractivity contribution is -0.140. The van der Waals surface area contributed by atoms with Crippen LogP contribution in [0.5, 0.6) is 5.75 Å². The van der Waals surface area contributed by atoms with Gasteiger partial charge < -0.3 is 14.5 Å². The Morgan fingerprint density at radius 2 is 1.88 bits per heavy atom. The molecule has 34 heavy (non-hydrogen) atoms. The zero-order chi connectivity index (χ0) is 24.5. The fraction of sp³-hybridized carbons (Fsp3) is 0.571. The van der Waals surface area contributed by atoms with Crippen molar-refractivity contribution in [2.45, 2.75) is 36.3 Å². The number of halogens is 3. The Morgan fingerprint density at radius 1 is 1.18 bits per heavy atom. The second-order valence-electron chi connectivity index (χ2n) is 8.75. The van der Waals surface area contributed by atoms with Gasteiger partial charge in [-0.25, -0.2) is 18.2 Å². The standard InChI is InChI=1S/C21H26F3N5O4S/c1-34(31,32)18-3-2-16(10-17(18)21(22,23)24)33-12-14-4-7-28(8-5-14)20(30)29-9-6-15(11-29)19-25-13-26-27-19/h2-3,10,13-15H,4-9,11-12H2,1H3,(H,25,26,27)/t15-/m0/s1. The average Bonchev–Trinajstić information content (AvgIpc) is 3.48. The maximum absolute atomic E-state index is 13.3. The first-order valence-electron chi connectivity index (χ1n) is 11.0. The van der Waals surface area contributed by atoms with Crippen molar-refractivity contribution in [3.63, 3.8) is 0 Å². The number of likely N-dealkylation sites (tertiary alicyclic amines) is 2. The zero-order valence-corrected chi connectivity index (χ0v) is 19.4. The first kappa shape index (κ1) is 24.3. The Kier molecular flexibility index (Phi) is 6.74. The zero-order valence-electron chi connectivity index (χ0n) is 18.6. The number of nitrogens with one attached hydrogen (secondary N) is 1. The maximum Gasteiger partial charge on any atom is 0.417 e. The van der Waals surface area contributed by atoms with Gasteiger partial charge in [-0.05, 0) is 43.4 Å². The van der Waals surface area contributed by atoms with Gasteiger partial charge >= 0.3 is 12.2 Å². The molecule has 4 rings (SSSR count). The summed E-state index contributed by atoms with van der Waals surface area (Å²) < 4.78 is 69.0. The highest BCUT2D eigenvalue weighted by molar-refractivity contribution is 7.90. The summed E-state index contributed by atoms with van der Waals surface area (Å²) in [5.41, 5.74) is -1.23. The molecule has 1 aromatic heterocycles. The first-order valence-corrected chi connectivity index (χ1v) is 12.8. The topological polar surface area (TPSA) is 108 Å². The SMILES string of the molecule is CS(=O)(=O)c1ccc(OCC2CCN(C(=O)N3CC[C@H](c4ncn[nH]4)C3)CC2)cc1C(F)(F)F. The number of benzene rings is 1. The lowest BCUT2D eigenvalue weighted by atomic mass is 9.98. The molecule has 9 nitrogen and oxygen atoms in total. The molecule has 13 heteroatoms. The van der Waals surface area contributed by atoms with E-state index >= 15 is 0 Å². The van der Waals surface area contributed by atoms with Gasteiger partial charge in [0.1, 0.15) is 17.9 Å². The van der Waals surface area contributed by atoms with Crippen LogP contribution in [0.2, 0.25) is 0 Å². The van der Waals surface area contributed by atoms with Crippen LogP contribution in [0.4, 0.5) is 18.0 Å². The number of nitrogens with zero attached hydrogens (tertiary/aromatic N) is 4. The molecule has 0 unspecified atom stereocenters. The summed E-state index contributed by atoms with van der Waals surface area (Å²) in [4.78, 5) is 19.9. The summed E-state index contributed by atoms with van der Waals surface area (Å²) in [6.45, 7) is 2.50. The number of sulfone groups is 1. The summed E-state index contributed by atoms with van der Waals surface area (Å²) in [5, 5.41) is 6.72. The van der Waals surface area contributed by atoms with Crippen molar-refractivity contribution in [1.82, 2.24) is 25.0 Å². The molecule has 2 amide bonds. The minimum Gasteiger partial charge on any atom is -0.493 e. The highest BCUT2D eigenvalue weighted by Gasteiger charge is 2.37. The predicted molar refractivity (Wildman–Crippen MR) is 115 cm³/mol. The van der Waals surface area contributed by atoms with E-state index in [0.29, 0.717) is 39.0 Å². The van der Waals surface area contributed by atoms with Crippen molar-refractivity contribution in [2.24, 2.45) is 5.92 Å². The van der Waals surface area contributed by atoms with Gasteiger partial charge in [-0.3, -0.25) is 5.10 Å². The Balaban J connectivity index is 1.29. The molecule has 0 saturated carbocycles. The van der Waals surface area contributed by atoms with E-state index in [-0.39, 0.29) is 30.2 Å². The second-order valence-corrected chi connectivity index (χ2v) is 10.7. The van der Waals surface area contributed by atoms with Crippen LogP contribution in [-0.4, -0.2) is 78.5 Å². The van der Waals surface area contributed by atoms with E-state index in [1.807, 2.05) is 4.90 Å². The van der Waals surface area contributed by atoms with Crippen molar-refractivity contribution >= 4 is 15.9 Å². The van der Waals surface area contributed by atoms with Gasteiger partial charge in [0, 0.05) is 38.4 Å². The fourth-order valence-electron chi connectivity index (χ4n) is 4.42. The van der Waals surface area contributed by atoms with Gasteiger partial charge in [-0.1, -0.05) is 0 Å². The molecule has 0 bridgehead atoms. The smallest absolute Gasteiger partial charge is 0.417 e. The van der Waals surface area contributed by atoms with Crippen LogP contribution in [0, 0.1) is 5.92 Å². The van der Waals surface area contributed by atoms with Crippen LogP contribution in [0.25, 0.3) is 0 Å². The summed E-state index contributed by atoms with van der Waals surface area (Å²) >= 11 is 0. The van der Waals surface area contributed by atoms with Crippen molar-refractivity contribution in [3.05, 3.63) is 35.9 Å². The molecule has 1 aromatic carbocycles. The lowest BCUT2D eigenvalue weighted by Crippen LogP contribution is -2.46. The van der Waals surface area contributed by atoms with Gasteiger partial charge in [-0.2, -0.15) is 18.3 Å². The molecular formula is C21H26F3N5O4S. The molecule has 0 spiro atoms. The third-order valence-corrected chi connectivity index (χ3v) is 7.46. The number of hydrogen-bond donors (Lipinski definition) is 1. The highest BCUT2D eigenvalue weighted by atomic mass is 32.2. The van der Waals surface area contributed by atoms with E-state index in [4.69, 9.17) is 4.74 Å². The summed E-state index contributed by atoms with van der Waals surface area (Å²) in [5.74, 6) is 0.972. The van der Waals surface area contributed by atoms with Gasteiger partial charge in [0.05, 0.1) is 17.1 Å². The van der Waals surface area contributed by atoms with E-state index in [1.54, 1.807) is 4.90 Å². The number of aromatic nitrogens is 3. The minimum absolute atomic E-state index is 0.0208. The van der Waals surface area contributed by atoms with Crippen LogP contribution in [0.3, 0.4) is 0 Å². The molecule has 186 valence electrons. The molecular weight excluding hydrogens is 475 g/mol. The average molecular weight is 502 g/mol.